The van der Waals surface area contributed by atoms with Gasteiger partial charge < -0.3 is 9.47 Å². The summed E-state index contributed by atoms with van der Waals surface area (Å²) in [6.07, 6.45) is 3.07. The van der Waals surface area contributed by atoms with E-state index >= 15 is 0 Å². The van der Waals surface area contributed by atoms with Gasteiger partial charge in [0.05, 0.1) is 25.7 Å². The van der Waals surface area contributed by atoms with E-state index in [1.807, 2.05) is 19.9 Å². The topological polar surface area (TPSA) is 76.4 Å². The first kappa shape index (κ1) is 19.4. The summed E-state index contributed by atoms with van der Waals surface area (Å²) in [5.74, 6) is -1.47. The van der Waals surface area contributed by atoms with E-state index in [0.717, 1.165) is 25.7 Å². The Morgan fingerprint density at radius 3 is 2.05 bits per heavy atom. The fourth-order valence-electron chi connectivity index (χ4n) is 1.77. The van der Waals surface area contributed by atoms with Crippen molar-refractivity contribution in [2.24, 2.45) is 11.3 Å². The normalized spacial score (nSPS) is 13.3. The fraction of sp³-hybridized carbons (Fsp3) is 0.812. The van der Waals surface area contributed by atoms with Crippen LogP contribution < -0.4 is 0 Å². The predicted molar refractivity (Wildman–Crippen MR) is 79.2 cm³/mol. The summed E-state index contributed by atoms with van der Waals surface area (Å²) < 4.78 is 10.2. The maximum Gasteiger partial charge on any atom is 0.327 e. The number of hydrogen-bond donors (Lipinski definition) is 0. The lowest BCUT2D eigenvalue weighted by atomic mass is 9.76. The zero-order chi connectivity index (χ0) is 16.3. The van der Waals surface area contributed by atoms with Gasteiger partial charge in [-0.3, -0.25) is 9.59 Å². The van der Waals surface area contributed by atoms with Gasteiger partial charge in [-0.1, -0.05) is 40.5 Å². The Bertz CT molecular complexity index is 373. The molecule has 0 heterocycles. The SMILES string of the molecule is CCCCOC(=O)CC(C#N)(C(=O)OCCCC)C(C)C. The minimum Gasteiger partial charge on any atom is -0.466 e. The highest BCUT2D eigenvalue weighted by atomic mass is 16.5. The summed E-state index contributed by atoms with van der Waals surface area (Å²) in [4.78, 5) is 24.1. The van der Waals surface area contributed by atoms with Gasteiger partial charge in [0.15, 0.2) is 5.41 Å². The van der Waals surface area contributed by atoms with Gasteiger partial charge >= 0.3 is 11.9 Å². The molecule has 0 spiro atoms. The van der Waals surface area contributed by atoms with Crippen molar-refractivity contribution < 1.29 is 19.1 Å². The highest BCUT2D eigenvalue weighted by Gasteiger charge is 2.46. The molecule has 0 fully saturated rings. The number of carbonyl (C=O) groups excluding carboxylic acids is 2. The maximum atomic E-state index is 12.2. The molecule has 0 aliphatic carbocycles. The Hall–Kier alpha value is -1.57. The Morgan fingerprint density at radius 1 is 1.10 bits per heavy atom. The molecular weight excluding hydrogens is 270 g/mol. The van der Waals surface area contributed by atoms with Crippen LogP contribution in [-0.4, -0.2) is 25.2 Å². The lowest BCUT2D eigenvalue weighted by Gasteiger charge is -2.27. The fourth-order valence-corrected chi connectivity index (χ4v) is 1.77. The molecule has 0 aliphatic rings. The van der Waals surface area contributed by atoms with Crippen LogP contribution in [0.25, 0.3) is 0 Å². The molecule has 0 aromatic carbocycles. The lowest BCUT2D eigenvalue weighted by Crippen LogP contribution is -2.39. The molecule has 0 N–H and O–H groups in total. The standard InChI is InChI=1S/C16H27NO4/c1-5-7-9-20-14(18)11-16(12-17,13(3)4)15(19)21-10-8-6-2/h13H,5-11H2,1-4H3. The number of esters is 2. The number of unbranched alkanes of at least 4 members (excludes halogenated alkanes) is 2. The third kappa shape index (κ3) is 6.16. The average molecular weight is 297 g/mol. The van der Waals surface area contributed by atoms with Crippen LogP contribution in [0.3, 0.4) is 0 Å². The van der Waals surface area contributed by atoms with Crippen LogP contribution in [0.1, 0.15) is 59.8 Å². The molecule has 0 radical (unpaired) electrons. The second kappa shape index (κ2) is 10.2. The molecule has 0 bridgehead atoms. The van der Waals surface area contributed by atoms with Crippen LogP contribution in [0, 0.1) is 22.7 Å². The van der Waals surface area contributed by atoms with E-state index in [0.29, 0.717) is 6.61 Å². The van der Waals surface area contributed by atoms with Gasteiger partial charge in [0.1, 0.15) is 0 Å². The van der Waals surface area contributed by atoms with Crippen molar-refractivity contribution in [2.45, 2.75) is 59.8 Å². The van der Waals surface area contributed by atoms with Crippen molar-refractivity contribution in [3.05, 3.63) is 0 Å². The molecule has 120 valence electrons. The van der Waals surface area contributed by atoms with Gasteiger partial charge in [0.2, 0.25) is 0 Å². The van der Waals surface area contributed by atoms with E-state index in [4.69, 9.17) is 9.47 Å². The molecule has 5 nitrogen and oxygen atoms in total. The van der Waals surface area contributed by atoms with E-state index in [-0.39, 0.29) is 18.9 Å². The van der Waals surface area contributed by atoms with E-state index in [1.165, 1.54) is 0 Å². The first-order valence-electron chi connectivity index (χ1n) is 7.68. The van der Waals surface area contributed by atoms with Crippen LogP contribution in [0.5, 0.6) is 0 Å². The van der Waals surface area contributed by atoms with E-state index in [1.54, 1.807) is 13.8 Å². The van der Waals surface area contributed by atoms with Crippen molar-refractivity contribution in [3.63, 3.8) is 0 Å². The second-order valence-corrected chi connectivity index (χ2v) is 5.48. The van der Waals surface area contributed by atoms with Crippen LogP contribution in [0.15, 0.2) is 0 Å². The third-order valence-electron chi connectivity index (χ3n) is 3.46. The third-order valence-corrected chi connectivity index (χ3v) is 3.46. The Morgan fingerprint density at radius 2 is 1.62 bits per heavy atom. The van der Waals surface area contributed by atoms with Gasteiger partial charge in [0.25, 0.3) is 0 Å². The summed E-state index contributed by atoms with van der Waals surface area (Å²) in [6, 6.07) is 1.99. The van der Waals surface area contributed by atoms with Crippen LogP contribution in [0.4, 0.5) is 0 Å². The van der Waals surface area contributed by atoms with Gasteiger partial charge in [0, 0.05) is 0 Å². The minimum absolute atomic E-state index is 0.254. The number of carbonyl (C=O) groups is 2. The molecule has 0 saturated heterocycles. The van der Waals surface area contributed by atoms with Crippen molar-refractivity contribution in [1.29, 1.82) is 5.26 Å². The van der Waals surface area contributed by atoms with Crippen LogP contribution >= 0.6 is 0 Å². The maximum absolute atomic E-state index is 12.2. The largest absolute Gasteiger partial charge is 0.466 e. The Kier molecular flexibility index (Phi) is 9.44. The molecular formula is C16H27NO4. The average Bonchev–Trinajstić information content (AvgIpc) is 2.44. The smallest absolute Gasteiger partial charge is 0.327 e. The van der Waals surface area contributed by atoms with Crippen LogP contribution in [-0.2, 0) is 19.1 Å². The summed E-state index contributed by atoms with van der Waals surface area (Å²) in [5, 5.41) is 9.44. The number of nitrogens with zero attached hydrogens (tertiary/aromatic N) is 1. The Labute approximate surface area is 127 Å². The van der Waals surface area contributed by atoms with Crippen molar-refractivity contribution in [1.82, 2.24) is 0 Å². The summed E-state index contributed by atoms with van der Waals surface area (Å²) in [5.41, 5.74) is -1.46. The highest BCUT2D eigenvalue weighted by Crippen LogP contribution is 2.33. The summed E-state index contributed by atoms with van der Waals surface area (Å²) >= 11 is 0. The highest BCUT2D eigenvalue weighted by molar-refractivity contribution is 5.86. The molecule has 0 aromatic heterocycles. The first-order chi connectivity index (χ1) is 9.94. The minimum atomic E-state index is -1.46. The van der Waals surface area contributed by atoms with E-state index in [2.05, 4.69) is 0 Å². The summed E-state index contributed by atoms with van der Waals surface area (Å²) in [7, 11) is 0. The van der Waals surface area contributed by atoms with Crippen molar-refractivity contribution in [2.75, 3.05) is 13.2 Å². The molecule has 1 atom stereocenters. The van der Waals surface area contributed by atoms with Gasteiger partial charge in [-0.25, -0.2) is 0 Å². The molecule has 5 heteroatoms. The quantitative estimate of drug-likeness (QED) is 0.457. The van der Waals surface area contributed by atoms with Gasteiger partial charge in [-0.05, 0) is 18.8 Å². The van der Waals surface area contributed by atoms with Gasteiger partial charge in [-0.15, -0.1) is 0 Å². The Balaban J connectivity index is 4.80. The zero-order valence-electron chi connectivity index (χ0n) is 13.6. The molecule has 0 saturated carbocycles. The first-order valence-corrected chi connectivity index (χ1v) is 7.68. The van der Waals surface area contributed by atoms with E-state index in [9.17, 15) is 14.9 Å². The monoisotopic (exact) mass is 297 g/mol. The number of ether oxygens (including phenoxy) is 2. The van der Waals surface area contributed by atoms with Crippen LogP contribution in [0.2, 0.25) is 0 Å². The zero-order valence-corrected chi connectivity index (χ0v) is 13.6. The number of nitriles is 1. The van der Waals surface area contributed by atoms with Crippen molar-refractivity contribution in [3.8, 4) is 6.07 Å². The molecule has 0 aromatic rings. The second-order valence-electron chi connectivity index (χ2n) is 5.48. The number of rotatable bonds is 10. The number of hydrogen-bond acceptors (Lipinski definition) is 5. The van der Waals surface area contributed by atoms with E-state index < -0.39 is 17.4 Å². The molecule has 0 aliphatic heterocycles. The summed E-state index contributed by atoms with van der Waals surface area (Å²) in [6.45, 7) is 8.05. The molecule has 21 heavy (non-hydrogen) atoms. The lowest BCUT2D eigenvalue weighted by molar-refractivity contribution is -0.162. The predicted octanol–water partition coefficient (Wildman–Crippen LogP) is 3.23. The van der Waals surface area contributed by atoms with Crippen molar-refractivity contribution >= 4 is 11.9 Å². The molecule has 0 amide bonds. The molecule has 0 rings (SSSR count). The van der Waals surface area contributed by atoms with Gasteiger partial charge in [-0.2, -0.15) is 5.26 Å². The molecule has 1 unspecified atom stereocenters.